The van der Waals surface area contributed by atoms with Crippen LogP contribution in [-0.4, -0.2) is 16.8 Å². The third-order valence-electron chi connectivity index (χ3n) is 2.75. The van der Waals surface area contributed by atoms with E-state index in [1.807, 2.05) is 18.2 Å². The number of halogens is 2. The molecule has 0 aliphatic heterocycles. The van der Waals surface area contributed by atoms with Gasteiger partial charge in [0.2, 0.25) is 0 Å². The van der Waals surface area contributed by atoms with Crippen molar-refractivity contribution < 1.29 is 9.18 Å². The minimum atomic E-state index is -0.534. The second-order valence-electron chi connectivity index (χ2n) is 4.34. The number of pyridine rings is 1. The predicted octanol–water partition coefficient (Wildman–Crippen LogP) is 3.64. The topological polar surface area (TPSA) is 42.0 Å². The van der Waals surface area contributed by atoms with E-state index in [1.54, 1.807) is 6.07 Å². The van der Waals surface area contributed by atoms with Crippen LogP contribution in [0.5, 0.6) is 0 Å². The summed E-state index contributed by atoms with van der Waals surface area (Å²) in [4.78, 5) is 15.6. The standard InChI is InChI=1S/C15H14ClFN2O/c16-6-2-4-11-3-1-5-14(7-11)19-15(20)12-8-13(17)10-18-9-12/h1,3,5,7-10H,2,4,6H2,(H,19,20). The molecule has 1 heterocycles. The monoisotopic (exact) mass is 292 g/mol. The highest BCUT2D eigenvalue weighted by molar-refractivity contribution is 6.17. The first-order valence-electron chi connectivity index (χ1n) is 6.26. The van der Waals surface area contributed by atoms with E-state index < -0.39 is 5.82 Å². The van der Waals surface area contributed by atoms with E-state index in [0.717, 1.165) is 30.7 Å². The molecule has 1 N–H and O–H groups in total. The summed E-state index contributed by atoms with van der Waals surface area (Å²) in [5.74, 6) is -0.314. The predicted molar refractivity (Wildman–Crippen MR) is 77.6 cm³/mol. The molecule has 1 aromatic heterocycles. The molecule has 5 heteroatoms. The summed E-state index contributed by atoms with van der Waals surface area (Å²) in [6.07, 6.45) is 4.13. The van der Waals surface area contributed by atoms with Crippen molar-refractivity contribution in [1.82, 2.24) is 4.98 Å². The van der Waals surface area contributed by atoms with Gasteiger partial charge in [0.25, 0.3) is 5.91 Å². The van der Waals surface area contributed by atoms with Crippen LogP contribution in [0.4, 0.5) is 10.1 Å². The van der Waals surface area contributed by atoms with Gasteiger partial charge in [-0.25, -0.2) is 4.39 Å². The van der Waals surface area contributed by atoms with E-state index in [0.29, 0.717) is 11.6 Å². The summed E-state index contributed by atoms with van der Waals surface area (Å²) in [7, 11) is 0. The van der Waals surface area contributed by atoms with Crippen molar-refractivity contribution in [3.8, 4) is 0 Å². The Morgan fingerprint density at radius 1 is 1.30 bits per heavy atom. The number of anilines is 1. The van der Waals surface area contributed by atoms with Crippen LogP contribution in [0.15, 0.2) is 42.7 Å². The average molecular weight is 293 g/mol. The lowest BCUT2D eigenvalue weighted by Gasteiger charge is -2.07. The Balaban J connectivity index is 2.07. The van der Waals surface area contributed by atoms with Crippen molar-refractivity contribution in [3.63, 3.8) is 0 Å². The molecule has 1 amide bonds. The molecule has 20 heavy (non-hydrogen) atoms. The fraction of sp³-hybridized carbons (Fsp3) is 0.200. The molecule has 0 unspecified atom stereocenters. The third-order valence-corrected chi connectivity index (χ3v) is 3.02. The van der Waals surface area contributed by atoms with Crippen molar-refractivity contribution in [2.24, 2.45) is 0 Å². The van der Waals surface area contributed by atoms with Crippen LogP contribution in [0.25, 0.3) is 0 Å². The number of nitrogens with one attached hydrogen (secondary N) is 1. The van der Waals surface area contributed by atoms with Gasteiger partial charge in [-0.3, -0.25) is 9.78 Å². The Bertz CT molecular complexity index is 604. The molecular weight excluding hydrogens is 279 g/mol. The Morgan fingerprint density at radius 2 is 2.15 bits per heavy atom. The lowest BCUT2D eigenvalue weighted by molar-refractivity contribution is 0.102. The van der Waals surface area contributed by atoms with Gasteiger partial charge in [-0.05, 0) is 36.6 Å². The number of nitrogens with zero attached hydrogens (tertiary/aromatic N) is 1. The number of benzene rings is 1. The second kappa shape index (κ2) is 7.01. The van der Waals surface area contributed by atoms with Crippen molar-refractivity contribution in [2.75, 3.05) is 11.2 Å². The number of aryl methyl sites for hydroxylation is 1. The summed E-state index contributed by atoms with van der Waals surface area (Å²) in [5.41, 5.74) is 1.96. The van der Waals surface area contributed by atoms with Crippen molar-refractivity contribution in [1.29, 1.82) is 0 Å². The Hall–Kier alpha value is -1.94. The minimum Gasteiger partial charge on any atom is -0.322 e. The summed E-state index contributed by atoms with van der Waals surface area (Å²) in [6, 6.07) is 8.67. The smallest absolute Gasteiger partial charge is 0.257 e. The quantitative estimate of drug-likeness (QED) is 0.855. The Morgan fingerprint density at radius 3 is 2.90 bits per heavy atom. The molecule has 0 aliphatic rings. The molecule has 0 saturated heterocycles. The first-order valence-corrected chi connectivity index (χ1v) is 6.79. The van der Waals surface area contributed by atoms with Crippen LogP contribution >= 0.6 is 11.6 Å². The highest BCUT2D eigenvalue weighted by Crippen LogP contribution is 2.14. The first kappa shape index (κ1) is 14.5. The number of carbonyl (C=O) groups excluding carboxylic acids is 1. The van der Waals surface area contributed by atoms with Crippen LogP contribution in [0.1, 0.15) is 22.3 Å². The minimum absolute atomic E-state index is 0.191. The number of hydrogen-bond acceptors (Lipinski definition) is 2. The van der Waals surface area contributed by atoms with E-state index in [4.69, 9.17) is 11.6 Å². The van der Waals surface area contributed by atoms with E-state index in [-0.39, 0.29) is 11.5 Å². The van der Waals surface area contributed by atoms with Gasteiger partial charge in [-0.2, -0.15) is 0 Å². The normalized spacial score (nSPS) is 10.3. The van der Waals surface area contributed by atoms with Gasteiger partial charge in [-0.15, -0.1) is 11.6 Å². The van der Waals surface area contributed by atoms with Crippen LogP contribution in [-0.2, 0) is 6.42 Å². The largest absolute Gasteiger partial charge is 0.322 e. The highest BCUT2D eigenvalue weighted by Gasteiger charge is 2.07. The molecule has 3 nitrogen and oxygen atoms in total. The lowest BCUT2D eigenvalue weighted by Crippen LogP contribution is -2.12. The molecular formula is C15H14ClFN2O. The zero-order valence-electron chi connectivity index (χ0n) is 10.8. The number of rotatable bonds is 5. The van der Waals surface area contributed by atoms with Crippen molar-refractivity contribution in [3.05, 3.63) is 59.7 Å². The molecule has 104 valence electrons. The fourth-order valence-electron chi connectivity index (χ4n) is 1.81. The second-order valence-corrected chi connectivity index (χ2v) is 4.72. The maximum Gasteiger partial charge on any atom is 0.257 e. The average Bonchev–Trinajstić information content (AvgIpc) is 2.45. The van der Waals surface area contributed by atoms with E-state index in [2.05, 4.69) is 10.3 Å². The number of amides is 1. The van der Waals surface area contributed by atoms with Gasteiger partial charge in [0, 0.05) is 17.8 Å². The van der Waals surface area contributed by atoms with Gasteiger partial charge < -0.3 is 5.32 Å². The van der Waals surface area contributed by atoms with Gasteiger partial charge in [0.1, 0.15) is 5.82 Å². The van der Waals surface area contributed by atoms with Crippen LogP contribution in [0.3, 0.4) is 0 Å². The van der Waals surface area contributed by atoms with Crippen LogP contribution in [0.2, 0.25) is 0 Å². The molecule has 0 fully saturated rings. The summed E-state index contributed by atoms with van der Waals surface area (Å²) in [6.45, 7) is 0. The first-order chi connectivity index (χ1) is 9.69. The van der Waals surface area contributed by atoms with Crippen molar-refractivity contribution >= 4 is 23.2 Å². The maximum absolute atomic E-state index is 13.0. The molecule has 0 atom stereocenters. The summed E-state index contributed by atoms with van der Waals surface area (Å²) < 4.78 is 13.0. The highest BCUT2D eigenvalue weighted by atomic mass is 35.5. The summed E-state index contributed by atoms with van der Waals surface area (Å²) in [5, 5.41) is 2.72. The number of alkyl halides is 1. The van der Waals surface area contributed by atoms with Crippen LogP contribution < -0.4 is 5.32 Å². The number of carbonyl (C=O) groups is 1. The zero-order chi connectivity index (χ0) is 14.4. The van der Waals surface area contributed by atoms with E-state index in [9.17, 15) is 9.18 Å². The molecule has 0 aliphatic carbocycles. The Labute approximate surface area is 121 Å². The third kappa shape index (κ3) is 4.03. The van der Waals surface area contributed by atoms with Gasteiger partial charge in [-0.1, -0.05) is 12.1 Å². The fourth-order valence-corrected chi connectivity index (χ4v) is 1.95. The SMILES string of the molecule is O=C(Nc1cccc(CCCCl)c1)c1cncc(F)c1. The maximum atomic E-state index is 13.0. The summed E-state index contributed by atoms with van der Waals surface area (Å²) >= 11 is 5.66. The molecule has 2 aromatic rings. The van der Waals surface area contributed by atoms with Crippen molar-refractivity contribution in [2.45, 2.75) is 12.8 Å². The lowest BCUT2D eigenvalue weighted by atomic mass is 10.1. The van der Waals surface area contributed by atoms with Gasteiger partial charge in [0.05, 0.1) is 11.8 Å². The van der Waals surface area contributed by atoms with E-state index >= 15 is 0 Å². The number of aromatic nitrogens is 1. The van der Waals surface area contributed by atoms with E-state index in [1.165, 1.54) is 6.20 Å². The van der Waals surface area contributed by atoms with Crippen LogP contribution in [0, 0.1) is 5.82 Å². The molecule has 0 spiro atoms. The zero-order valence-corrected chi connectivity index (χ0v) is 11.5. The molecule has 0 bridgehead atoms. The molecule has 1 aromatic carbocycles. The molecule has 0 radical (unpaired) electrons. The molecule has 0 saturated carbocycles. The number of hydrogen-bond donors (Lipinski definition) is 1. The molecule has 2 rings (SSSR count). The Kier molecular flexibility index (Phi) is 5.07. The van der Waals surface area contributed by atoms with Gasteiger partial charge >= 0.3 is 0 Å². The van der Waals surface area contributed by atoms with Gasteiger partial charge in [0.15, 0.2) is 0 Å².